The second-order valence-corrected chi connectivity index (χ2v) is 7.77. The minimum absolute atomic E-state index is 0.208. The molecule has 0 spiro atoms. The first-order valence-electron chi connectivity index (χ1n) is 6.97. The fraction of sp³-hybridized carbons (Fsp3) is 0.571. The zero-order valence-corrected chi connectivity index (χ0v) is 13.3. The smallest absolute Gasteiger partial charge is 0.153 e. The van der Waals surface area contributed by atoms with E-state index in [-0.39, 0.29) is 11.5 Å². The van der Waals surface area contributed by atoms with Gasteiger partial charge in [0.25, 0.3) is 0 Å². The summed E-state index contributed by atoms with van der Waals surface area (Å²) in [6.45, 7) is 4.88. The van der Waals surface area contributed by atoms with Crippen LogP contribution in [0.15, 0.2) is 18.2 Å². The quantitative estimate of drug-likeness (QED) is 0.845. The van der Waals surface area contributed by atoms with Crippen molar-refractivity contribution in [1.29, 1.82) is 0 Å². The van der Waals surface area contributed by atoms with Crippen molar-refractivity contribution >= 4 is 27.1 Å². The average molecular weight is 317 g/mol. The molecular weight excluding hydrogens is 296 g/mol. The molecule has 0 aliphatic carbocycles. The number of para-hydroxylation sites is 1. The van der Waals surface area contributed by atoms with Crippen LogP contribution < -0.4 is 10.2 Å². The Bertz CT molecular complexity index is 546. The van der Waals surface area contributed by atoms with Crippen LogP contribution in [0.2, 0.25) is 5.02 Å². The van der Waals surface area contributed by atoms with E-state index < -0.39 is 9.84 Å². The maximum Gasteiger partial charge on any atom is 0.153 e. The summed E-state index contributed by atoms with van der Waals surface area (Å²) in [5.74, 6) is 0.417. The standard InChI is InChI=1S/C14H21ClN2O2S/c1-2-6-16-11-12-4-3-5-13(15)14(12)17-7-9-20(18,19)10-8-17/h3-5,16H,2,6-11H2,1H3. The van der Waals surface area contributed by atoms with Gasteiger partial charge in [-0.3, -0.25) is 0 Å². The predicted molar refractivity (Wildman–Crippen MR) is 84.3 cm³/mol. The highest BCUT2D eigenvalue weighted by atomic mass is 35.5. The van der Waals surface area contributed by atoms with Crippen LogP contribution in [0.4, 0.5) is 5.69 Å². The zero-order chi connectivity index (χ0) is 14.6. The number of anilines is 1. The molecule has 0 atom stereocenters. The first-order valence-corrected chi connectivity index (χ1v) is 9.17. The Morgan fingerprint density at radius 1 is 1.30 bits per heavy atom. The lowest BCUT2D eigenvalue weighted by molar-refractivity contribution is 0.586. The summed E-state index contributed by atoms with van der Waals surface area (Å²) >= 11 is 6.33. The Hall–Kier alpha value is -0.780. The van der Waals surface area contributed by atoms with Gasteiger partial charge in [-0.1, -0.05) is 30.7 Å². The van der Waals surface area contributed by atoms with Gasteiger partial charge < -0.3 is 10.2 Å². The van der Waals surface area contributed by atoms with Gasteiger partial charge in [-0.05, 0) is 24.6 Å². The Kier molecular flexibility index (Phi) is 5.29. The molecule has 1 aromatic rings. The van der Waals surface area contributed by atoms with Crippen molar-refractivity contribution in [3.63, 3.8) is 0 Å². The Labute approximate surface area is 126 Å². The fourth-order valence-corrected chi connectivity index (χ4v) is 3.91. The molecule has 1 N–H and O–H groups in total. The number of hydrogen-bond acceptors (Lipinski definition) is 4. The summed E-state index contributed by atoms with van der Waals surface area (Å²) in [5.41, 5.74) is 2.11. The second-order valence-electron chi connectivity index (χ2n) is 5.06. The van der Waals surface area contributed by atoms with Crippen molar-refractivity contribution in [1.82, 2.24) is 5.32 Å². The van der Waals surface area contributed by atoms with E-state index in [1.54, 1.807) is 0 Å². The Morgan fingerprint density at radius 2 is 2.00 bits per heavy atom. The average Bonchev–Trinajstić information content (AvgIpc) is 2.40. The van der Waals surface area contributed by atoms with Gasteiger partial charge in [0.05, 0.1) is 22.2 Å². The van der Waals surface area contributed by atoms with Gasteiger partial charge in [-0.25, -0.2) is 8.42 Å². The zero-order valence-electron chi connectivity index (χ0n) is 11.7. The minimum atomic E-state index is -2.87. The number of benzene rings is 1. The van der Waals surface area contributed by atoms with Gasteiger partial charge in [-0.2, -0.15) is 0 Å². The molecule has 112 valence electrons. The number of nitrogens with zero attached hydrogens (tertiary/aromatic N) is 1. The molecule has 0 amide bonds. The van der Waals surface area contributed by atoms with Crippen LogP contribution in [0.25, 0.3) is 0 Å². The van der Waals surface area contributed by atoms with Crippen LogP contribution in [-0.4, -0.2) is 39.6 Å². The maximum atomic E-state index is 11.5. The lowest BCUT2D eigenvalue weighted by Gasteiger charge is -2.31. The summed E-state index contributed by atoms with van der Waals surface area (Å²) < 4.78 is 23.1. The normalized spacial score (nSPS) is 18.2. The Morgan fingerprint density at radius 3 is 2.65 bits per heavy atom. The minimum Gasteiger partial charge on any atom is -0.368 e. The van der Waals surface area contributed by atoms with Crippen molar-refractivity contribution in [2.45, 2.75) is 19.9 Å². The number of sulfone groups is 1. The third kappa shape index (κ3) is 3.87. The van der Waals surface area contributed by atoms with Crippen molar-refractivity contribution in [3.8, 4) is 0 Å². The van der Waals surface area contributed by atoms with E-state index in [1.807, 2.05) is 18.2 Å². The molecule has 20 heavy (non-hydrogen) atoms. The summed E-state index contributed by atoms with van der Waals surface area (Å²) in [6, 6.07) is 5.85. The molecule has 0 radical (unpaired) electrons. The molecule has 6 heteroatoms. The predicted octanol–water partition coefficient (Wildman–Crippen LogP) is 2.07. The van der Waals surface area contributed by atoms with Gasteiger partial charge in [0.2, 0.25) is 0 Å². The van der Waals surface area contributed by atoms with E-state index >= 15 is 0 Å². The van der Waals surface area contributed by atoms with Gasteiger partial charge in [0, 0.05) is 19.6 Å². The molecule has 0 saturated carbocycles. The molecule has 0 aromatic heterocycles. The molecular formula is C14H21ClN2O2S. The second kappa shape index (κ2) is 6.78. The number of rotatable bonds is 5. The Balaban J connectivity index is 2.17. The van der Waals surface area contributed by atoms with E-state index in [0.29, 0.717) is 18.1 Å². The summed E-state index contributed by atoms with van der Waals surface area (Å²) in [7, 11) is -2.87. The summed E-state index contributed by atoms with van der Waals surface area (Å²) in [4.78, 5) is 2.09. The molecule has 1 aliphatic heterocycles. The fourth-order valence-electron chi connectivity index (χ4n) is 2.39. The van der Waals surface area contributed by atoms with E-state index in [9.17, 15) is 8.42 Å². The molecule has 4 nitrogen and oxygen atoms in total. The highest BCUT2D eigenvalue weighted by molar-refractivity contribution is 7.91. The first-order chi connectivity index (χ1) is 9.53. The monoisotopic (exact) mass is 316 g/mol. The van der Waals surface area contributed by atoms with Crippen molar-refractivity contribution in [2.24, 2.45) is 0 Å². The first kappa shape index (κ1) is 15.6. The third-order valence-corrected chi connectivity index (χ3v) is 5.39. The van der Waals surface area contributed by atoms with E-state index in [0.717, 1.165) is 30.8 Å². The van der Waals surface area contributed by atoms with Crippen LogP contribution in [0.3, 0.4) is 0 Å². The molecule has 1 aliphatic rings. The highest BCUT2D eigenvalue weighted by Crippen LogP contribution is 2.31. The lowest BCUT2D eigenvalue weighted by Crippen LogP contribution is -2.41. The SMILES string of the molecule is CCCNCc1cccc(Cl)c1N1CCS(=O)(=O)CC1. The number of halogens is 1. The van der Waals surface area contributed by atoms with Gasteiger partial charge in [0.15, 0.2) is 9.84 Å². The van der Waals surface area contributed by atoms with Crippen LogP contribution in [0.1, 0.15) is 18.9 Å². The summed E-state index contributed by atoms with van der Waals surface area (Å²) in [5, 5.41) is 4.07. The third-order valence-electron chi connectivity index (χ3n) is 3.47. The van der Waals surface area contributed by atoms with Crippen LogP contribution >= 0.6 is 11.6 Å². The van der Waals surface area contributed by atoms with Crippen LogP contribution in [0, 0.1) is 0 Å². The largest absolute Gasteiger partial charge is 0.368 e. The van der Waals surface area contributed by atoms with Gasteiger partial charge in [-0.15, -0.1) is 0 Å². The van der Waals surface area contributed by atoms with E-state index in [4.69, 9.17) is 11.6 Å². The molecule has 1 aromatic carbocycles. The van der Waals surface area contributed by atoms with Crippen molar-refractivity contribution in [3.05, 3.63) is 28.8 Å². The van der Waals surface area contributed by atoms with Crippen LogP contribution in [-0.2, 0) is 16.4 Å². The molecule has 0 bridgehead atoms. The van der Waals surface area contributed by atoms with Crippen LogP contribution in [0.5, 0.6) is 0 Å². The topological polar surface area (TPSA) is 49.4 Å². The van der Waals surface area contributed by atoms with Gasteiger partial charge >= 0.3 is 0 Å². The summed E-state index contributed by atoms with van der Waals surface area (Å²) in [6.07, 6.45) is 1.08. The molecule has 1 heterocycles. The van der Waals surface area contributed by atoms with Gasteiger partial charge in [0.1, 0.15) is 0 Å². The maximum absolute atomic E-state index is 11.5. The highest BCUT2D eigenvalue weighted by Gasteiger charge is 2.24. The van der Waals surface area contributed by atoms with Crippen molar-refractivity contribution < 1.29 is 8.42 Å². The number of hydrogen-bond donors (Lipinski definition) is 1. The molecule has 1 saturated heterocycles. The molecule has 1 fully saturated rings. The lowest BCUT2D eigenvalue weighted by atomic mass is 10.1. The van der Waals surface area contributed by atoms with Crippen molar-refractivity contribution in [2.75, 3.05) is 36.0 Å². The van der Waals surface area contributed by atoms with E-state index in [1.165, 1.54) is 0 Å². The molecule has 2 rings (SSSR count). The number of nitrogens with one attached hydrogen (secondary N) is 1. The van der Waals surface area contributed by atoms with E-state index in [2.05, 4.69) is 17.1 Å². The molecule has 0 unspecified atom stereocenters.